The lowest BCUT2D eigenvalue weighted by Crippen LogP contribution is -2.23. The molecule has 0 amide bonds. The minimum Gasteiger partial charge on any atom is -0.227 e. The van der Waals surface area contributed by atoms with Crippen molar-refractivity contribution >= 4 is 16.8 Å². The van der Waals surface area contributed by atoms with E-state index in [1.54, 1.807) is 5.04 Å². The van der Waals surface area contributed by atoms with Gasteiger partial charge in [0.2, 0.25) is 5.04 Å². The van der Waals surface area contributed by atoms with Gasteiger partial charge in [0, 0.05) is 12.3 Å². The normalized spacial score (nSPS) is 25.4. The van der Waals surface area contributed by atoms with Crippen molar-refractivity contribution in [1.29, 1.82) is 0 Å². The third kappa shape index (κ3) is 1.78. The average molecular weight is 172 g/mol. The number of nitrogens with zero attached hydrogens (tertiary/aromatic N) is 1. The number of rotatable bonds is 2. The fourth-order valence-corrected chi connectivity index (χ4v) is 3.05. The molecule has 0 spiro atoms. The van der Waals surface area contributed by atoms with Gasteiger partial charge in [-0.2, -0.15) is 0 Å². The maximum Gasteiger partial charge on any atom is 0.213 e. The zero-order valence-electron chi connectivity index (χ0n) is 7.92. The van der Waals surface area contributed by atoms with Crippen molar-refractivity contribution in [3.8, 4) is 0 Å². The van der Waals surface area contributed by atoms with Crippen LogP contribution in [0.5, 0.6) is 0 Å². The summed E-state index contributed by atoms with van der Waals surface area (Å²) in [5, 5.41) is 1.57. The zero-order valence-corrected chi connectivity index (χ0v) is 8.74. The molecule has 1 aliphatic rings. The van der Waals surface area contributed by atoms with Crippen molar-refractivity contribution in [2.45, 2.75) is 33.2 Å². The second kappa shape index (κ2) is 3.61. The molecule has 64 valence electrons. The van der Waals surface area contributed by atoms with Crippen LogP contribution in [0.1, 0.15) is 27.2 Å². The summed E-state index contributed by atoms with van der Waals surface area (Å²) in [6, 6.07) is 0.789. The number of hydrogen-bond donors (Lipinski definition) is 0. The lowest BCUT2D eigenvalue weighted by atomic mass is 10.2. The van der Waals surface area contributed by atoms with Crippen LogP contribution in [0.15, 0.2) is 0 Å². The van der Waals surface area contributed by atoms with Crippen LogP contribution < -0.4 is 0 Å². The molecule has 0 aromatic rings. The Kier molecular flexibility index (Phi) is 2.99. The van der Waals surface area contributed by atoms with Gasteiger partial charge in [-0.25, -0.2) is 4.58 Å². The molecule has 1 aliphatic heterocycles. The molecular weight excluding hydrogens is 154 g/mol. The Hall–Kier alpha value is 0.0200. The van der Waals surface area contributed by atoms with Gasteiger partial charge in [0.15, 0.2) is 6.04 Å². The SMILES string of the molecule is CC[C@H]1CSC(C(C)C)=[N+]1C. The quantitative estimate of drug-likeness (QED) is 0.577. The topological polar surface area (TPSA) is 3.01 Å². The van der Waals surface area contributed by atoms with Crippen LogP contribution in [0, 0.1) is 5.92 Å². The van der Waals surface area contributed by atoms with Gasteiger partial charge in [-0.3, -0.25) is 0 Å². The molecule has 0 aromatic heterocycles. The Labute approximate surface area is 73.9 Å². The Bertz CT molecular complexity index is 172. The Balaban J connectivity index is 2.72. The highest BCUT2D eigenvalue weighted by Crippen LogP contribution is 2.23. The van der Waals surface area contributed by atoms with E-state index in [1.807, 2.05) is 11.8 Å². The molecule has 0 N–H and O–H groups in total. The first-order valence-electron chi connectivity index (χ1n) is 4.39. The first-order chi connectivity index (χ1) is 5.16. The van der Waals surface area contributed by atoms with Crippen LogP contribution in [-0.4, -0.2) is 28.5 Å². The summed E-state index contributed by atoms with van der Waals surface area (Å²) in [7, 11) is 2.23. The fourth-order valence-electron chi connectivity index (χ4n) is 1.54. The Morgan fingerprint density at radius 2 is 2.27 bits per heavy atom. The zero-order chi connectivity index (χ0) is 8.43. The maximum atomic E-state index is 2.45. The van der Waals surface area contributed by atoms with Crippen molar-refractivity contribution in [3.05, 3.63) is 0 Å². The summed E-state index contributed by atoms with van der Waals surface area (Å²) >= 11 is 2.03. The maximum absolute atomic E-state index is 2.45. The highest BCUT2D eigenvalue weighted by atomic mass is 32.2. The first kappa shape index (κ1) is 9.11. The van der Waals surface area contributed by atoms with Gasteiger partial charge in [0.1, 0.15) is 7.05 Å². The second-order valence-corrected chi connectivity index (χ2v) is 4.52. The molecule has 0 saturated heterocycles. The number of thioether (sulfide) groups is 1. The van der Waals surface area contributed by atoms with Crippen molar-refractivity contribution in [2.75, 3.05) is 12.8 Å². The molecular formula is C9H18NS+. The largest absolute Gasteiger partial charge is 0.227 e. The van der Waals surface area contributed by atoms with E-state index in [4.69, 9.17) is 0 Å². The first-order valence-corrected chi connectivity index (χ1v) is 5.37. The van der Waals surface area contributed by atoms with E-state index >= 15 is 0 Å². The van der Waals surface area contributed by atoms with E-state index in [0.29, 0.717) is 5.92 Å². The van der Waals surface area contributed by atoms with Crippen molar-refractivity contribution in [3.63, 3.8) is 0 Å². The van der Waals surface area contributed by atoms with Crippen LogP contribution in [0.25, 0.3) is 0 Å². The Morgan fingerprint density at radius 3 is 2.55 bits per heavy atom. The van der Waals surface area contributed by atoms with Crippen LogP contribution in [-0.2, 0) is 0 Å². The molecule has 0 unspecified atom stereocenters. The van der Waals surface area contributed by atoms with E-state index in [0.717, 1.165) is 6.04 Å². The van der Waals surface area contributed by atoms with Gasteiger partial charge < -0.3 is 0 Å². The number of hydrogen-bond acceptors (Lipinski definition) is 1. The summed E-state index contributed by atoms with van der Waals surface area (Å²) in [4.78, 5) is 0. The van der Waals surface area contributed by atoms with E-state index in [2.05, 4.69) is 32.4 Å². The molecule has 0 aliphatic carbocycles. The molecule has 0 radical (unpaired) electrons. The monoisotopic (exact) mass is 172 g/mol. The predicted molar refractivity (Wildman–Crippen MR) is 52.6 cm³/mol. The summed E-state index contributed by atoms with van der Waals surface area (Å²) in [6.45, 7) is 6.82. The molecule has 0 fully saturated rings. The van der Waals surface area contributed by atoms with E-state index < -0.39 is 0 Å². The minimum atomic E-state index is 0.710. The molecule has 1 heterocycles. The van der Waals surface area contributed by atoms with Crippen LogP contribution in [0.4, 0.5) is 0 Å². The van der Waals surface area contributed by atoms with Crippen LogP contribution >= 0.6 is 11.8 Å². The molecule has 11 heavy (non-hydrogen) atoms. The average Bonchev–Trinajstić information content (AvgIpc) is 2.30. The fraction of sp³-hybridized carbons (Fsp3) is 0.889. The lowest BCUT2D eigenvalue weighted by molar-refractivity contribution is -0.529. The molecule has 0 saturated carbocycles. The van der Waals surface area contributed by atoms with Crippen molar-refractivity contribution < 1.29 is 4.58 Å². The van der Waals surface area contributed by atoms with Crippen molar-refractivity contribution in [2.24, 2.45) is 5.92 Å². The standard InChI is InChI=1S/C9H18NS/c1-5-8-6-11-9(7(2)3)10(8)4/h7-8H,5-6H2,1-4H3/q+1/t8-/m0/s1. The molecule has 1 rings (SSSR count). The van der Waals surface area contributed by atoms with Crippen molar-refractivity contribution in [1.82, 2.24) is 0 Å². The van der Waals surface area contributed by atoms with Crippen LogP contribution in [0.2, 0.25) is 0 Å². The smallest absolute Gasteiger partial charge is 0.213 e. The van der Waals surface area contributed by atoms with Crippen LogP contribution in [0.3, 0.4) is 0 Å². The summed E-state index contributed by atoms with van der Waals surface area (Å²) in [5.41, 5.74) is 0. The molecule has 2 heteroatoms. The highest BCUT2D eigenvalue weighted by molar-refractivity contribution is 8.13. The van der Waals surface area contributed by atoms with Gasteiger partial charge in [-0.15, -0.1) is 0 Å². The molecule has 0 bridgehead atoms. The summed E-state index contributed by atoms with van der Waals surface area (Å²) < 4.78 is 2.45. The van der Waals surface area contributed by atoms with E-state index in [1.165, 1.54) is 12.2 Å². The molecule has 1 nitrogen and oxygen atoms in total. The van der Waals surface area contributed by atoms with Gasteiger partial charge >= 0.3 is 0 Å². The predicted octanol–water partition coefficient (Wildman–Crippen LogP) is 2.21. The van der Waals surface area contributed by atoms with Gasteiger partial charge in [0.25, 0.3) is 0 Å². The summed E-state index contributed by atoms with van der Waals surface area (Å²) in [5.74, 6) is 2.00. The van der Waals surface area contributed by atoms with Gasteiger partial charge in [-0.1, -0.05) is 32.5 Å². The van der Waals surface area contributed by atoms with Gasteiger partial charge in [0.05, 0.1) is 5.75 Å². The minimum absolute atomic E-state index is 0.710. The van der Waals surface area contributed by atoms with E-state index in [-0.39, 0.29) is 0 Å². The van der Waals surface area contributed by atoms with E-state index in [9.17, 15) is 0 Å². The summed E-state index contributed by atoms with van der Waals surface area (Å²) in [6.07, 6.45) is 1.28. The Morgan fingerprint density at radius 1 is 1.64 bits per heavy atom. The van der Waals surface area contributed by atoms with Gasteiger partial charge in [-0.05, 0) is 0 Å². The molecule has 1 atom stereocenters. The third-order valence-electron chi connectivity index (χ3n) is 2.28. The second-order valence-electron chi connectivity index (χ2n) is 3.48. The highest BCUT2D eigenvalue weighted by Gasteiger charge is 2.30. The lowest BCUT2D eigenvalue weighted by Gasteiger charge is -2.03. The molecule has 0 aromatic carbocycles. The third-order valence-corrected chi connectivity index (χ3v) is 3.89.